The molecule has 0 bridgehead atoms. The number of phenols is 1. The maximum Gasteiger partial charge on any atom is 0.121 e. The van der Waals surface area contributed by atoms with Crippen LogP contribution in [0.3, 0.4) is 0 Å². The highest BCUT2D eigenvalue weighted by Crippen LogP contribution is 2.28. The van der Waals surface area contributed by atoms with E-state index in [9.17, 15) is 5.11 Å². The fraction of sp³-hybridized carbons (Fsp3) is 0.357. The lowest BCUT2D eigenvalue weighted by molar-refractivity contribution is 0.467. The normalized spacial score (nSPS) is 10.8. The summed E-state index contributed by atoms with van der Waals surface area (Å²) in [5.74, 6) is 0.384. The zero-order chi connectivity index (χ0) is 12.4. The van der Waals surface area contributed by atoms with Crippen molar-refractivity contribution in [2.75, 3.05) is 0 Å². The van der Waals surface area contributed by atoms with E-state index in [1.165, 1.54) is 0 Å². The van der Waals surface area contributed by atoms with Gasteiger partial charge in [-0.3, -0.25) is 4.68 Å². The first kappa shape index (κ1) is 11.7. The monoisotopic (exact) mass is 230 g/mol. The van der Waals surface area contributed by atoms with E-state index in [0.29, 0.717) is 5.75 Å². The summed E-state index contributed by atoms with van der Waals surface area (Å²) in [5.41, 5.74) is 4.02. The minimum Gasteiger partial charge on any atom is -0.507 e. The highest BCUT2D eigenvalue weighted by Gasteiger charge is 2.06. The van der Waals surface area contributed by atoms with Crippen LogP contribution in [0, 0.1) is 13.8 Å². The summed E-state index contributed by atoms with van der Waals surface area (Å²) in [5, 5.41) is 14.1. The van der Waals surface area contributed by atoms with Crippen molar-refractivity contribution in [3.05, 3.63) is 35.7 Å². The summed E-state index contributed by atoms with van der Waals surface area (Å²) in [6.07, 6.45) is 5.00. The van der Waals surface area contributed by atoms with Crippen molar-refractivity contribution in [2.24, 2.45) is 0 Å². The number of aromatic hydroxyl groups is 1. The summed E-state index contributed by atoms with van der Waals surface area (Å²) in [4.78, 5) is 0. The Hall–Kier alpha value is -1.77. The van der Waals surface area contributed by atoms with Gasteiger partial charge >= 0.3 is 0 Å². The first-order valence-corrected chi connectivity index (χ1v) is 5.95. The molecule has 0 aliphatic heterocycles. The summed E-state index contributed by atoms with van der Waals surface area (Å²) < 4.78 is 1.95. The number of benzene rings is 1. The molecule has 0 aliphatic rings. The average Bonchev–Trinajstić information content (AvgIpc) is 2.74. The van der Waals surface area contributed by atoms with Crippen LogP contribution in [-0.4, -0.2) is 14.9 Å². The van der Waals surface area contributed by atoms with Crippen LogP contribution < -0.4 is 0 Å². The predicted octanol–water partition coefficient (Wildman–Crippen LogP) is 3.28. The molecule has 0 unspecified atom stereocenters. The minimum absolute atomic E-state index is 0.384. The van der Waals surface area contributed by atoms with E-state index in [2.05, 4.69) is 18.2 Å². The Labute approximate surface area is 102 Å². The van der Waals surface area contributed by atoms with Gasteiger partial charge in [0.25, 0.3) is 0 Å². The third-order valence-corrected chi connectivity index (χ3v) is 2.91. The lowest BCUT2D eigenvalue weighted by atomic mass is 10.0. The van der Waals surface area contributed by atoms with E-state index in [0.717, 1.165) is 35.2 Å². The van der Waals surface area contributed by atoms with E-state index in [1.54, 1.807) is 0 Å². The average molecular weight is 230 g/mol. The molecule has 2 rings (SSSR count). The molecule has 1 aromatic carbocycles. The van der Waals surface area contributed by atoms with E-state index in [-0.39, 0.29) is 0 Å². The molecule has 1 heterocycles. The number of hydrogen-bond donors (Lipinski definition) is 1. The molecule has 0 amide bonds. The second kappa shape index (κ2) is 4.62. The quantitative estimate of drug-likeness (QED) is 0.878. The fourth-order valence-electron chi connectivity index (χ4n) is 1.99. The second-order valence-electron chi connectivity index (χ2n) is 4.45. The van der Waals surface area contributed by atoms with Gasteiger partial charge in [-0.2, -0.15) is 5.10 Å². The number of aryl methyl sites for hydroxylation is 3. The zero-order valence-electron chi connectivity index (χ0n) is 10.6. The van der Waals surface area contributed by atoms with Crippen molar-refractivity contribution >= 4 is 0 Å². The third-order valence-electron chi connectivity index (χ3n) is 2.91. The largest absolute Gasteiger partial charge is 0.507 e. The Morgan fingerprint density at radius 2 is 1.82 bits per heavy atom. The smallest absolute Gasteiger partial charge is 0.121 e. The highest BCUT2D eigenvalue weighted by atomic mass is 16.3. The van der Waals surface area contributed by atoms with E-state index in [1.807, 2.05) is 36.9 Å². The van der Waals surface area contributed by atoms with Crippen LogP contribution in [0.1, 0.15) is 24.5 Å². The van der Waals surface area contributed by atoms with Gasteiger partial charge in [0, 0.05) is 18.3 Å². The van der Waals surface area contributed by atoms with Crippen LogP contribution in [0.2, 0.25) is 0 Å². The molecule has 3 heteroatoms. The molecule has 0 spiro atoms. The Morgan fingerprint density at radius 3 is 2.41 bits per heavy atom. The molecule has 17 heavy (non-hydrogen) atoms. The molecule has 0 radical (unpaired) electrons. The molecule has 0 fully saturated rings. The summed E-state index contributed by atoms with van der Waals surface area (Å²) in [7, 11) is 0. The molecular formula is C14H18N2O. The highest BCUT2D eigenvalue weighted by molar-refractivity contribution is 5.65. The van der Waals surface area contributed by atoms with Gasteiger partial charge < -0.3 is 5.11 Å². The standard InChI is InChI=1S/C14H18N2O/c1-4-5-16-9-13(8-15-16)12-6-10(2)14(17)11(3)7-12/h6-9,17H,4-5H2,1-3H3. The number of phenolic OH excluding ortho intramolecular Hbond substituents is 1. The van der Waals surface area contributed by atoms with Crippen LogP contribution in [0.5, 0.6) is 5.75 Å². The Bertz CT molecular complexity index is 506. The van der Waals surface area contributed by atoms with E-state index >= 15 is 0 Å². The molecule has 0 atom stereocenters. The van der Waals surface area contributed by atoms with Gasteiger partial charge in [0.2, 0.25) is 0 Å². The second-order valence-corrected chi connectivity index (χ2v) is 4.45. The van der Waals surface area contributed by atoms with Crippen molar-refractivity contribution in [3.8, 4) is 16.9 Å². The van der Waals surface area contributed by atoms with Crippen LogP contribution >= 0.6 is 0 Å². The van der Waals surface area contributed by atoms with Crippen LogP contribution in [-0.2, 0) is 6.54 Å². The number of hydrogen-bond acceptors (Lipinski definition) is 2. The molecule has 1 N–H and O–H groups in total. The van der Waals surface area contributed by atoms with E-state index in [4.69, 9.17) is 0 Å². The van der Waals surface area contributed by atoms with Gasteiger partial charge in [0.05, 0.1) is 6.20 Å². The first-order chi connectivity index (χ1) is 8.11. The Morgan fingerprint density at radius 1 is 1.18 bits per heavy atom. The molecule has 90 valence electrons. The molecule has 3 nitrogen and oxygen atoms in total. The van der Waals surface area contributed by atoms with Gasteiger partial charge in [-0.1, -0.05) is 6.92 Å². The fourth-order valence-corrected chi connectivity index (χ4v) is 1.99. The van der Waals surface area contributed by atoms with Crippen molar-refractivity contribution in [1.29, 1.82) is 0 Å². The molecule has 0 aliphatic carbocycles. The van der Waals surface area contributed by atoms with Crippen LogP contribution in [0.25, 0.3) is 11.1 Å². The van der Waals surface area contributed by atoms with Crippen molar-refractivity contribution < 1.29 is 5.11 Å². The van der Waals surface area contributed by atoms with E-state index < -0.39 is 0 Å². The number of nitrogens with zero attached hydrogens (tertiary/aromatic N) is 2. The van der Waals surface area contributed by atoms with Gasteiger partial charge in [-0.15, -0.1) is 0 Å². The lowest BCUT2D eigenvalue weighted by Crippen LogP contribution is -1.95. The topological polar surface area (TPSA) is 38.0 Å². The molecule has 1 aromatic heterocycles. The number of rotatable bonds is 3. The van der Waals surface area contributed by atoms with Gasteiger partial charge in [0.15, 0.2) is 0 Å². The maximum atomic E-state index is 9.75. The van der Waals surface area contributed by atoms with Gasteiger partial charge in [-0.25, -0.2) is 0 Å². The van der Waals surface area contributed by atoms with Crippen molar-refractivity contribution in [2.45, 2.75) is 33.7 Å². The Balaban J connectivity index is 2.39. The molecule has 0 saturated carbocycles. The summed E-state index contributed by atoms with van der Waals surface area (Å²) in [6.45, 7) is 6.91. The van der Waals surface area contributed by atoms with Crippen LogP contribution in [0.4, 0.5) is 0 Å². The molecule has 0 saturated heterocycles. The summed E-state index contributed by atoms with van der Waals surface area (Å²) >= 11 is 0. The Kier molecular flexibility index (Phi) is 3.18. The SMILES string of the molecule is CCCn1cc(-c2cc(C)c(O)c(C)c2)cn1. The zero-order valence-corrected chi connectivity index (χ0v) is 10.6. The van der Waals surface area contributed by atoms with Gasteiger partial charge in [0.1, 0.15) is 5.75 Å². The summed E-state index contributed by atoms with van der Waals surface area (Å²) in [6, 6.07) is 3.99. The van der Waals surface area contributed by atoms with Crippen molar-refractivity contribution in [3.63, 3.8) is 0 Å². The minimum atomic E-state index is 0.384. The molecule has 2 aromatic rings. The van der Waals surface area contributed by atoms with Crippen molar-refractivity contribution in [1.82, 2.24) is 9.78 Å². The number of aromatic nitrogens is 2. The lowest BCUT2D eigenvalue weighted by Gasteiger charge is -2.06. The maximum absolute atomic E-state index is 9.75. The van der Waals surface area contributed by atoms with Gasteiger partial charge in [-0.05, 0) is 49.1 Å². The molecular weight excluding hydrogens is 212 g/mol. The van der Waals surface area contributed by atoms with Crippen LogP contribution in [0.15, 0.2) is 24.5 Å². The predicted molar refractivity (Wildman–Crippen MR) is 69.1 cm³/mol. The first-order valence-electron chi connectivity index (χ1n) is 5.95. The third kappa shape index (κ3) is 2.33.